The van der Waals surface area contributed by atoms with E-state index >= 15 is 0 Å². The Morgan fingerprint density at radius 1 is 1.43 bits per heavy atom. The number of amides is 2. The van der Waals surface area contributed by atoms with Gasteiger partial charge in [-0.2, -0.15) is 5.01 Å². The summed E-state index contributed by atoms with van der Waals surface area (Å²) in [6.07, 6.45) is -6.91. The molecule has 6 N–H and O–H groups in total. The summed E-state index contributed by atoms with van der Waals surface area (Å²) in [5.41, 5.74) is -2.77. The summed E-state index contributed by atoms with van der Waals surface area (Å²) in [6.45, 7) is 0.890. The molecular weight excluding hydrogens is 290 g/mol. The van der Waals surface area contributed by atoms with Crippen LogP contribution in [0.4, 0.5) is 4.79 Å². The molecule has 1 heterocycles. The van der Waals surface area contributed by atoms with Gasteiger partial charge in [-0.1, -0.05) is 6.92 Å². The number of aliphatic hydroxyl groups is 5. The second-order valence-electron chi connectivity index (χ2n) is 4.61. The molecule has 1 saturated heterocycles. The predicted molar refractivity (Wildman–Crippen MR) is 66.3 cm³/mol. The van der Waals surface area contributed by atoms with Gasteiger partial charge in [0.25, 0.3) is 0 Å². The first-order valence-electron chi connectivity index (χ1n) is 6.27. The van der Waals surface area contributed by atoms with Crippen molar-refractivity contribution in [1.29, 1.82) is 0 Å². The van der Waals surface area contributed by atoms with Gasteiger partial charge in [-0.15, -0.1) is 4.91 Å². The van der Waals surface area contributed by atoms with E-state index in [4.69, 9.17) is 9.84 Å². The Hall–Kier alpha value is -1.37. The summed E-state index contributed by atoms with van der Waals surface area (Å²) in [5, 5.41) is 52.8. The molecule has 0 radical (unpaired) electrons. The fourth-order valence-corrected chi connectivity index (χ4v) is 1.87. The molecule has 0 saturated carbocycles. The molecule has 11 nitrogen and oxygen atoms in total. The number of carbonyl (C=O) groups is 1. The fraction of sp³-hybridized carbons (Fsp3) is 0.900. The number of ether oxygens (including phenoxy) is 1. The van der Waals surface area contributed by atoms with Gasteiger partial charge in [-0.3, -0.25) is 0 Å². The van der Waals surface area contributed by atoms with E-state index in [0.717, 1.165) is 0 Å². The van der Waals surface area contributed by atoms with Crippen molar-refractivity contribution in [3.05, 3.63) is 4.91 Å². The van der Waals surface area contributed by atoms with Gasteiger partial charge in [0.2, 0.25) is 12.0 Å². The highest BCUT2D eigenvalue weighted by atomic mass is 16.6. The maximum Gasteiger partial charge on any atom is 0.342 e. The molecule has 0 aromatic heterocycles. The van der Waals surface area contributed by atoms with E-state index in [-0.39, 0.29) is 6.54 Å². The molecule has 1 unspecified atom stereocenters. The Balaban J connectivity index is 2.88. The quantitative estimate of drug-likeness (QED) is 0.179. The van der Waals surface area contributed by atoms with Gasteiger partial charge in [0, 0.05) is 6.54 Å². The first-order chi connectivity index (χ1) is 9.81. The Labute approximate surface area is 119 Å². The van der Waals surface area contributed by atoms with Crippen molar-refractivity contribution in [2.24, 2.45) is 5.29 Å². The summed E-state index contributed by atoms with van der Waals surface area (Å²) in [7, 11) is 0. The number of hydrogen-bond donors (Lipinski definition) is 6. The van der Waals surface area contributed by atoms with Crippen molar-refractivity contribution in [3.8, 4) is 0 Å². The average molecular weight is 309 g/mol. The third-order valence-corrected chi connectivity index (χ3v) is 3.09. The van der Waals surface area contributed by atoms with Crippen molar-refractivity contribution >= 4 is 6.03 Å². The lowest BCUT2D eigenvalue weighted by Crippen LogP contribution is -2.74. The SMILES string of the molecule is CCCN(N=O)C(=O)N[C@@]1(O)C(O)O[C@H](CO)[C@@H](O)[C@@H]1O. The second kappa shape index (κ2) is 7.06. The Morgan fingerprint density at radius 2 is 2.05 bits per heavy atom. The molecule has 0 aromatic rings. The standard InChI is InChI=1S/C10H19N3O8/c1-2-3-13(12-20)9(18)11-10(19)7(16)6(15)5(4-14)21-8(10)17/h5-8,14-17,19H,2-4H2,1H3,(H,11,18)/t5-,6-,7+,8?,10+/m1/s1. The highest BCUT2D eigenvalue weighted by molar-refractivity contribution is 5.74. The molecule has 1 aliphatic heterocycles. The predicted octanol–water partition coefficient (Wildman–Crippen LogP) is -2.79. The van der Waals surface area contributed by atoms with Crippen LogP contribution in [0.25, 0.3) is 0 Å². The van der Waals surface area contributed by atoms with Crippen LogP contribution in [-0.2, 0) is 4.74 Å². The highest BCUT2D eigenvalue weighted by Gasteiger charge is 2.55. The first kappa shape index (κ1) is 17.7. The highest BCUT2D eigenvalue weighted by Crippen LogP contribution is 2.27. The van der Waals surface area contributed by atoms with Crippen molar-refractivity contribution in [3.63, 3.8) is 0 Å². The summed E-state index contributed by atoms with van der Waals surface area (Å²) >= 11 is 0. The zero-order valence-electron chi connectivity index (χ0n) is 11.3. The van der Waals surface area contributed by atoms with Crippen molar-refractivity contribution in [1.82, 2.24) is 10.3 Å². The smallest absolute Gasteiger partial charge is 0.342 e. The lowest BCUT2D eigenvalue weighted by molar-refractivity contribution is -0.335. The van der Waals surface area contributed by atoms with E-state index in [1.54, 1.807) is 12.2 Å². The molecule has 0 bridgehead atoms. The maximum absolute atomic E-state index is 11.7. The minimum Gasteiger partial charge on any atom is -0.394 e. The molecule has 0 spiro atoms. The molecule has 122 valence electrons. The minimum absolute atomic E-state index is 0.0553. The largest absolute Gasteiger partial charge is 0.394 e. The normalized spacial score (nSPS) is 36.1. The number of urea groups is 1. The maximum atomic E-state index is 11.7. The summed E-state index contributed by atoms with van der Waals surface area (Å²) in [5.74, 6) is 0. The van der Waals surface area contributed by atoms with Crippen LogP contribution in [0.15, 0.2) is 5.29 Å². The Kier molecular flexibility index (Phi) is 5.95. The van der Waals surface area contributed by atoms with Crippen LogP contribution in [0.5, 0.6) is 0 Å². The van der Waals surface area contributed by atoms with Crippen LogP contribution in [0.3, 0.4) is 0 Å². The van der Waals surface area contributed by atoms with Gasteiger partial charge >= 0.3 is 6.03 Å². The molecule has 0 aromatic carbocycles. The van der Waals surface area contributed by atoms with Crippen molar-refractivity contribution < 1.29 is 35.1 Å². The zero-order valence-corrected chi connectivity index (χ0v) is 11.3. The van der Waals surface area contributed by atoms with Crippen LogP contribution < -0.4 is 5.32 Å². The van der Waals surface area contributed by atoms with E-state index in [9.17, 15) is 30.1 Å². The lowest BCUT2D eigenvalue weighted by atomic mass is 9.93. The van der Waals surface area contributed by atoms with Crippen LogP contribution in [0.2, 0.25) is 0 Å². The van der Waals surface area contributed by atoms with Crippen molar-refractivity contribution in [2.45, 2.75) is 43.7 Å². The summed E-state index contributed by atoms with van der Waals surface area (Å²) < 4.78 is 4.71. The van der Waals surface area contributed by atoms with Gasteiger partial charge in [0.15, 0.2) is 0 Å². The molecule has 2 amide bonds. The van der Waals surface area contributed by atoms with E-state index in [1.807, 2.05) is 0 Å². The molecular formula is C10H19N3O8. The topological polar surface area (TPSA) is 172 Å². The second-order valence-corrected chi connectivity index (χ2v) is 4.61. The molecule has 11 heteroatoms. The zero-order chi connectivity index (χ0) is 16.2. The van der Waals surface area contributed by atoms with Gasteiger partial charge in [-0.25, -0.2) is 4.79 Å². The van der Waals surface area contributed by atoms with Gasteiger partial charge in [0.1, 0.15) is 18.3 Å². The van der Waals surface area contributed by atoms with E-state index in [2.05, 4.69) is 5.29 Å². The number of rotatable bonds is 5. The number of nitrogens with one attached hydrogen (secondary N) is 1. The molecule has 1 fully saturated rings. The van der Waals surface area contributed by atoms with E-state index in [0.29, 0.717) is 11.4 Å². The number of nitrogens with zero attached hydrogens (tertiary/aromatic N) is 2. The van der Waals surface area contributed by atoms with Crippen LogP contribution in [0.1, 0.15) is 13.3 Å². The third kappa shape index (κ3) is 3.45. The van der Waals surface area contributed by atoms with Crippen molar-refractivity contribution in [2.75, 3.05) is 13.2 Å². The van der Waals surface area contributed by atoms with Gasteiger partial charge in [0.05, 0.1) is 11.9 Å². The van der Waals surface area contributed by atoms with Crippen LogP contribution in [0, 0.1) is 4.91 Å². The minimum atomic E-state index is -2.77. The van der Waals surface area contributed by atoms with Crippen LogP contribution in [-0.4, -0.2) is 80.1 Å². The average Bonchev–Trinajstić information content (AvgIpc) is 2.46. The fourth-order valence-electron chi connectivity index (χ4n) is 1.87. The first-order valence-corrected chi connectivity index (χ1v) is 6.27. The molecule has 21 heavy (non-hydrogen) atoms. The number of carbonyl (C=O) groups excluding carboxylic acids is 1. The Morgan fingerprint density at radius 3 is 2.52 bits per heavy atom. The lowest BCUT2D eigenvalue weighted by Gasteiger charge is -2.46. The molecule has 1 rings (SSSR count). The monoisotopic (exact) mass is 309 g/mol. The van der Waals surface area contributed by atoms with Gasteiger partial charge < -0.3 is 35.6 Å². The third-order valence-electron chi connectivity index (χ3n) is 3.09. The summed E-state index contributed by atoms with van der Waals surface area (Å²) in [6, 6.07) is -1.19. The van der Waals surface area contributed by atoms with E-state index in [1.165, 1.54) is 0 Å². The van der Waals surface area contributed by atoms with Gasteiger partial charge in [-0.05, 0) is 6.42 Å². The number of nitroso groups, excluding NO2 is 1. The van der Waals surface area contributed by atoms with E-state index < -0.39 is 43.0 Å². The molecule has 1 aliphatic rings. The number of aliphatic hydroxyl groups excluding tert-OH is 4. The molecule has 0 aliphatic carbocycles. The summed E-state index contributed by atoms with van der Waals surface area (Å²) in [4.78, 5) is 22.2. The Bertz CT molecular complexity index is 383. The number of hydrogen-bond acceptors (Lipinski definition) is 9. The molecule has 5 atom stereocenters. The van der Waals surface area contributed by atoms with Crippen LogP contribution >= 0.6 is 0 Å².